The van der Waals surface area contributed by atoms with Crippen LogP contribution in [0.15, 0.2) is 36.7 Å². The molecule has 0 radical (unpaired) electrons. The van der Waals surface area contributed by atoms with Gasteiger partial charge >= 0.3 is 6.18 Å². The Hall–Kier alpha value is -3.15. The molecule has 1 aromatic carbocycles. The lowest BCUT2D eigenvalue weighted by Crippen LogP contribution is -2.39. The average Bonchev–Trinajstić information content (AvgIpc) is 2.72. The van der Waals surface area contributed by atoms with Crippen molar-refractivity contribution in [2.24, 2.45) is 5.92 Å². The molecule has 2 aromatic rings. The highest BCUT2D eigenvalue weighted by molar-refractivity contribution is 5.94. The summed E-state index contributed by atoms with van der Waals surface area (Å²) in [5.74, 6) is 0.422. The summed E-state index contributed by atoms with van der Waals surface area (Å²) in [6.45, 7) is 1.82. The normalized spacial score (nSPS) is 15.1. The van der Waals surface area contributed by atoms with E-state index in [0.717, 1.165) is 25.0 Å². The van der Waals surface area contributed by atoms with Gasteiger partial charge in [0.1, 0.15) is 6.07 Å². The quantitative estimate of drug-likeness (QED) is 0.869. The molecular weight excluding hydrogens is 371 g/mol. The zero-order chi connectivity index (χ0) is 20.1. The van der Waals surface area contributed by atoms with E-state index < -0.39 is 17.6 Å². The monoisotopic (exact) mass is 389 g/mol. The summed E-state index contributed by atoms with van der Waals surface area (Å²) in [7, 11) is 0. The van der Waals surface area contributed by atoms with Crippen LogP contribution in [0, 0.1) is 17.2 Å². The van der Waals surface area contributed by atoms with E-state index >= 15 is 0 Å². The maximum Gasteiger partial charge on any atom is 0.416 e. The Balaban J connectivity index is 1.50. The van der Waals surface area contributed by atoms with Gasteiger partial charge in [-0.2, -0.15) is 18.4 Å². The van der Waals surface area contributed by atoms with Crippen LogP contribution in [-0.2, 0) is 6.18 Å². The molecule has 1 amide bonds. The highest BCUT2D eigenvalue weighted by atomic mass is 19.4. The lowest BCUT2D eigenvalue weighted by Gasteiger charge is -2.32. The molecule has 0 bridgehead atoms. The number of hydrogen-bond acceptors (Lipinski definition) is 5. The van der Waals surface area contributed by atoms with Gasteiger partial charge in [0.2, 0.25) is 0 Å². The number of amides is 1. The Morgan fingerprint density at radius 2 is 1.82 bits per heavy atom. The van der Waals surface area contributed by atoms with Gasteiger partial charge in [-0.15, -0.1) is 0 Å². The summed E-state index contributed by atoms with van der Waals surface area (Å²) in [6.07, 6.45) is 0.207. The molecule has 1 aliphatic rings. The van der Waals surface area contributed by atoms with Crippen LogP contribution in [0.4, 0.5) is 19.0 Å². The fraction of sp³-hybridized carbons (Fsp3) is 0.368. The Morgan fingerprint density at radius 3 is 2.43 bits per heavy atom. The molecule has 1 saturated heterocycles. The fourth-order valence-electron chi connectivity index (χ4n) is 3.14. The highest BCUT2D eigenvalue weighted by Gasteiger charge is 2.30. The lowest BCUT2D eigenvalue weighted by molar-refractivity contribution is -0.137. The summed E-state index contributed by atoms with van der Waals surface area (Å²) in [5.41, 5.74) is -0.294. The van der Waals surface area contributed by atoms with E-state index in [2.05, 4.69) is 15.3 Å². The van der Waals surface area contributed by atoms with Gasteiger partial charge in [-0.1, -0.05) is 0 Å². The summed E-state index contributed by atoms with van der Waals surface area (Å²) in [6, 6.07) is 6.20. The number of aromatic nitrogens is 2. The first kappa shape index (κ1) is 19.6. The smallest absolute Gasteiger partial charge is 0.354 e. The third kappa shape index (κ3) is 4.57. The van der Waals surface area contributed by atoms with Gasteiger partial charge in [-0.25, -0.2) is 9.97 Å². The van der Waals surface area contributed by atoms with Crippen LogP contribution >= 0.6 is 0 Å². The average molecular weight is 389 g/mol. The van der Waals surface area contributed by atoms with Crippen molar-refractivity contribution < 1.29 is 18.0 Å². The molecule has 1 N–H and O–H groups in total. The predicted molar refractivity (Wildman–Crippen MR) is 95.5 cm³/mol. The molecule has 0 atom stereocenters. The topological polar surface area (TPSA) is 81.9 Å². The van der Waals surface area contributed by atoms with E-state index in [-0.39, 0.29) is 17.2 Å². The van der Waals surface area contributed by atoms with Crippen molar-refractivity contribution in [3.63, 3.8) is 0 Å². The number of piperidine rings is 1. The van der Waals surface area contributed by atoms with Crippen molar-refractivity contribution in [1.82, 2.24) is 15.3 Å². The third-order valence-electron chi connectivity index (χ3n) is 4.72. The van der Waals surface area contributed by atoms with E-state index in [9.17, 15) is 18.0 Å². The van der Waals surface area contributed by atoms with E-state index in [1.165, 1.54) is 18.3 Å². The maximum atomic E-state index is 12.6. The van der Waals surface area contributed by atoms with E-state index in [1.807, 2.05) is 11.0 Å². The maximum absolute atomic E-state index is 12.6. The molecule has 9 heteroatoms. The first-order valence-corrected chi connectivity index (χ1v) is 8.80. The summed E-state index contributed by atoms with van der Waals surface area (Å²) >= 11 is 0. The van der Waals surface area contributed by atoms with E-state index in [1.54, 1.807) is 6.20 Å². The van der Waals surface area contributed by atoms with Crippen LogP contribution in [0.2, 0.25) is 0 Å². The molecule has 0 spiro atoms. The third-order valence-corrected chi connectivity index (χ3v) is 4.72. The number of nitrogens with one attached hydrogen (secondary N) is 1. The number of carbonyl (C=O) groups is 1. The van der Waals surface area contributed by atoms with Gasteiger partial charge in [0.25, 0.3) is 5.91 Å². The molecule has 28 heavy (non-hydrogen) atoms. The first-order valence-electron chi connectivity index (χ1n) is 8.80. The zero-order valence-electron chi connectivity index (χ0n) is 14.9. The van der Waals surface area contributed by atoms with Crippen molar-refractivity contribution in [2.45, 2.75) is 19.0 Å². The molecule has 0 aliphatic carbocycles. The summed E-state index contributed by atoms with van der Waals surface area (Å²) in [5, 5.41) is 11.9. The van der Waals surface area contributed by atoms with Crippen molar-refractivity contribution >= 4 is 11.7 Å². The fourth-order valence-corrected chi connectivity index (χ4v) is 3.14. The molecule has 146 valence electrons. The number of rotatable bonds is 4. The summed E-state index contributed by atoms with van der Waals surface area (Å²) < 4.78 is 37.7. The van der Waals surface area contributed by atoms with Crippen LogP contribution in [0.3, 0.4) is 0 Å². The van der Waals surface area contributed by atoms with Crippen molar-refractivity contribution in [2.75, 3.05) is 24.5 Å². The van der Waals surface area contributed by atoms with Crippen molar-refractivity contribution in [1.29, 1.82) is 5.26 Å². The number of carbonyl (C=O) groups excluding carboxylic acids is 1. The second-order valence-corrected chi connectivity index (χ2v) is 6.56. The van der Waals surface area contributed by atoms with E-state index in [4.69, 9.17) is 5.26 Å². The predicted octanol–water partition coefficient (Wildman–Crippen LogP) is 3.01. The first-order chi connectivity index (χ1) is 13.4. The molecule has 0 saturated carbocycles. The Morgan fingerprint density at radius 1 is 1.18 bits per heavy atom. The Kier molecular flexibility index (Phi) is 5.78. The number of nitriles is 1. The highest BCUT2D eigenvalue weighted by Crippen LogP contribution is 2.29. The number of benzene rings is 1. The number of alkyl halides is 3. The molecular formula is C19H18F3N5O. The minimum absolute atomic E-state index is 0.198. The zero-order valence-corrected chi connectivity index (χ0v) is 14.9. The largest absolute Gasteiger partial charge is 0.416 e. The molecule has 6 nitrogen and oxygen atoms in total. The van der Waals surface area contributed by atoms with Gasteiger partial charge in [-0.3, -0.25) is 4.79 Å². The minimum Gasteiger partial charge on any atom is -0.354 e. The standard InChI is InChI=1S/C19H18F3N5O/c20-19(21,22)15-3-1-14(2-4-15)18(28)26-12-13-5-9-27(10-6-13)17-16(11-23)24-7-8-25-17/h1-4,7-8,13H,5-6,9-10,12H2,(H,26,28). The van der Waals surface area contributed by atoms with Gasteiger partial charge in [-0.05, 0) is 43.0 Å². The van der Waals surface area contributed by atoms with Crippen LogP contribution in [0.5, 0.6) is 0 Å². The molecule has 2 heterocycles. The molecule has 1 aromatic heterocycles. The molecule has 3 rings (SSSR count). The molecule has 1 aliphatic heterocycles. The SMILES string of the molecule is N#Cc1nccnc1N1CCC(CNC(=O)c2ccc(C(F)(F)F)cc2)CC1. The van der Waals surface area contributed by atoms with Crippen LogP contribution in [-0.4, -0.2) is 35.5 Å². The van der Waals surface area contributed by atoms with Crippen molar-refractivity contribution in [3.05, 3.63) is 53.5 Å². The Bertz CT molecular complexity index is 868. The van der Waals surface area contributed by atoms with E-state index in [0.29, 0.717) is 25.5 Å². The van der Waals surface area contributed by atoms with Gasteiger partial charge in [0.05, 0.1) is 5.56 Å². The second kappa shape index (κ2) is 8.25. The summed E-state index contributed by atoms with van der Waals surface area (Å²) in [4.78, 5) is 22.4. The number of hydrogen-bond donors (Lipinski definition) is 1. The van der Waals surface area contributed by atoms with Crippen molar-refractivity contribution in [3.8, 4) is 6.07 Å². The number of anilines is 1. The van der Waals surface area contributed by atoms with Crippen LogP contribution in [0.25, 0.3) is 0 Å². The van der Waals surface area contributed by atoms with Crippen LogP contribution in [0.1, 0.15) is 34.5 Å². The minimum atomic E-state index is -4.42. The van der Waals surface area contributed by atoms with Gasteiger partial charge < -0.3 is 10.2 Å². The second-order valence-electron chi connectivity index (χ2n) is 6.56. The molecule has 0 unspecified atom stereocenters. The van der Waals surface area contributed by atoms with Gasteiger partial charge in [0, 0.05) is 37.6 Å². The number of nitrogens with zero attached hydrogens (tertiary/aromatic N) is 4. The Labute approximate surface area is 160 Å². The van der Waals surface area contributed by atoms with Crippen LogP contribution < -0.4 is 10.2 Å². The lowest BCUT2D eigenvalue weighted by atomic mass is 9.96. The van der Waals surface area contributed by atoms with Gasteiger partial charge in [0.15, 0.2) is 11.5 Å². The number of halogens is 3. The molecule has 1 fully saturated rings.